The van der Waals surface area contributed by atoms with Gasteiger partial charge in [0.1, 0.15) is 0 Å². The maximum Gasteiger partial charge on any atom is 0.000804 e. The lowest BCUT2D eigenvalue weighted by atomic mass is 9.89. The monoisotopic (exact) mass is 155 g/mol. The fourth-order valence-corrected chi connectivity index (χ4v) is 2.02. The van der Waals surface area contributed by atoms with Crippen molar-refractivity contribution in [1.82, 2.24) is 5.32 Å². The minimum absolute atomic E-state index is 0.789. The molecule has 1 nitrogen and oxygen atoms in total. The van der Waals surface area contributed by atoms with Crippen LogP contribution in [0, 0.1) is 11.3 Å². The van der Waals surface area contributed by atoms with Gasteiger partial charge in [-0.05, 0) is 37.1 Å². The summed E-state index contributed by atoms with van der Waals surface area (Å²) in [5.41, 5.74) is 0.789. The second-order valence-corrected chi connectivity index (χ2v) is 3.94. The molecule has 1 N–H and O–H groups in total. The number of rotatable bonds is 0. The molecule has 2 aliphatic rings. The molecule has 1 spiro atoms. The summed E-state index contributed by atoms with van der Waals surface area (Å²) in [6.07, 6.45) is 4.47. The Balaban J connectivity index is 0.000000281. The van der Waals surface area contributed by atoms with E-state index in [0.717, 1.165) is 11.3 Å². The highest BCUT2D eigenvalue weighted by molar-refractivity contribution is 4.98. The first-order chi connectivity index (χ1) is 5.31. The Kier molecular flexibility index (Phi) is 2.94. The summed E-state index contributed by atoms with van der Waals surface area (Å²) in [5.74, 6) is 0.932. The maximum absolute atomic E-state index is 3.49. The van der Waals surface area contributed by atoms with E-state index in [4.69, 9.17) is 0 Å². The van der Waals surface area contributed by atoms with Gasteiger partial charge in [-0.2, -0.15) is 0 Å². The third-order valence-electron chi connectivity index (χ3n) is 2.73. The van der Waals surface area contributed by atoms with Crippen molar-refractivity contribution in [2.24, 2.45) is 11.3 Å². The van der Waals surface area contributed by atoms with E-state index in [1.54, 1.807) is 0 Å². The molecule has 0 amide bonds. The van der Waals surface area contributed by atoms with Crippen LogP contribution in [0.1, 0.15) is 40.0 Å². The van der Waals surface area contributed by atoms with Crippen LogP contribution < -0.4 is 5.32 Å². The summed E-state index contributed by atoms with van der Waals surface area (Å²) in [5, 5.41) is 3.49. The first kappa shape index (κ1) is 9.05. The molecule has 1 heterocycles. The molecule has 1 atom stereocenters. The van der Waals surface area contributed by atoms with Gasteiger partial charge in [0.15, 0.2) is 0 Å². The average molecular weight is 155 g/mol. The van der Waals surface area contributed by atoms with Crippen molar-refractivity contribution in [3.8, 4) is 0 Å². The minimum atomic E-state index is 0.789. The van der Waals surface area contributed by atoms with Crippen molar-refractivity contribution in [2.45, 2.75) is 40.0 Å². The Morgan fingerprint density at radius 2 is 1.91 bits per heavy atom. The first-order valence-electron chi connectivity index (χ1n) is 5.02. The second kappa shape index (κ2) is 3.57. The van der Waals surface area contributed by atoms with Gasteiger partial charge in [0, 0.05) is 6.54 Å². The van der Waals surface area contributed by atoms with E-state index in [2.05, 4.69) is 12.2 Å². The minimum Gasteiger partial charge on any atom is -0.316 e. The van der Waals surface area contributed by atoms with E-state index in [-0.39, 0.29) is 0 Å². The van der Waals surface area contributed by atoms with Crippen LogP contribution in [0.25, 0.3) is 0 Å². The Labute approximate surface area is 70.6 Å². The lowest BCUT2D eigenvalue weighted by Crippen LogP contribution is -2.36. The highest BCUT2D eigenvalue weighted by atomic mass is 14.9. The molecule has 2 fully saturated rings. The molecular weight excluding hydrogens is 134 g/mol. The van der Waals surface area contributed by atoms with Gasteiger partial charge in [-0.3, -0.25) is 0 Å². The van der Waals surface area contributed by atoms with Gasteiger partial charge < -0.3 is 5.32 Å². The molecule has 11 heavy (non-hydrogen) atoms. The topological polar surface area (TPSA) is 12.0 Å². The van der Waals surface area contributed by atoms with E-state index in [1.807, 2.05) is 13.8 Å². The Bertz CT molecular complexity index is 116. The number of hydrogen-bond donors (Lipinski definition) is 1. The summed E-state index contributed by atoms with van der Waals surface area (Å²) < 4.78 is 0. The zero-order chi connectivity index (χ0) is 8.32. The fourth-order valence-electron chi connectivity index (χ4n) is 2.02. The molecule has 2 rings (SSSR count). The van der Waals surface area contributed by atoms with Crippen molar-refractivity contribution < 1.29 is 0 Å². The standard InChI is InChI=1S/C8H15N.C2H6/c1-7-4-8(2-3-8)6-9-5-7;1-2/h7,9H,2-6H2,1H3;1-2H3. The van der Waals surface area contributed by atoms with Crippen molar-refractivity contribution in [3.63, 3.8) is 0 Å². The second-order valence-electron chi connectivity index (χ2n) is 3.94. The van der Waals surface area contributed by atoms with Gasteiger partial charge in [0.2, 0.25) is 0 Å². The van der Waals surface area contributed by atoms with Gasteiger partial charge in [-0.15, -0.1) is 0 Å². The van der Waals surface area contributed by atoms with E-state index >= 15 is 0 Å². The predicted molar refractivity (Wildman–Crippen MR) is 49.7 cm³/mol. The molecule has 66 valence electrons. The Morgan fingerprint density at radius 1 is 1.27 bits per heavy atom. The zero-order valence-corrected chi connectivity index (χ0v) is 8.11. The number of piperidine rings is 1. The predicted octanol–water partition coefficient (Wildman–Crippen LogP) is 2.42. The van der Waals surface area contributed by atoms with Gasteiger partial charge in [0.25, 0.3) is 0 Å². The van der Waals surface area contributed by atoms with Crippen LogP contribution in [0.15, 0.2) is 0 Å². The lowest BCUT2D eigenvalue weighted by molar-refractivity contribution is 0.284. The largest absolute Gasteiger partial charge is 0.316 e. The highest BCUT2D eigenvalue weighted by Crippen LogP contribution is 2.51. The van der Waals surface area contributed by atoms with Crippen molar-refractivity contribution in [2.75, 3.05) is 13.1 Å². The molecule has 0 aromatic carbocycles. The quantitative estimate of drug-likeness (QED) is 0.566. The molecule has 1 unspecified atom stereocenters. The summed E-state index contributed by atoms with van der Waals surface area (Å²) in [7, 11) is 0. The van der Waals surface area contributed by atoms with E-state index in [9.17, 15) is 0 Å². The lowest BCUT2D eigenvalue weighted by Gasteiger charge is -2.27. The molecule has 1 aliphatic carbocycles. The van der Waals surface area contributed by atoms with Crippen LogP contribution in [0.3, 0.4) is 0 Å². The Morgan fingerprint density at radius 3 is 2.27 bits per heavy atom. The highest BCUT2D eigenvalue weighted by Gasteiger charge is 2.44. The zero-order valence-electron chi connectivity index (χ0n) is 8.11. The molecule has 0 bridgehead atoms. The number of hydrogen-bond acceptors (Lipinski definition) is 1. The van der Waals surface area contributed by atoms with Crippen LogP contribution in [-0.4, -0.2) is 13.1 Å². The van der Waals surface area contributed by atoms with E-state index in [1.165, 1.54) is 32.4 Å². The molecule has 0 aromatic rings. The Hall–Kier alpha value is -0.0400. The van der Waals surface area contributed by atoms with Crippen molar-refractivity contribution in [1.29, 1.82) is 0 Å². The third-order valence-corrected chi connectivity index (χ3v) is 2.73. The fraction of sp³-hybridized carbons (Fsp3) is 1.00. The van der Waals surface area contributed by atoms with Crippen LogP contribution in [0.2, 0.25) is 0 Å². The summed E-state index contributed by atoms with van der Waals surface area (Å²) >= 11 is 0. The average Bonchev–Trinajstić information content (AvgIpc) is 2.73. The van der Waals surface area contributed by atoms with Crippen molar-refractivity contribution in [3.05, 3.63) is 0 Å². The van der Waals surface area contributed by atoms with E-state index < -0.39 is 0 Å². The van der Waals surface area contributed by atoms with Crippen LogP contribution in [0.5, 0.6) is 0 Å². The van der Waals surface area contributed by atoms with Crippen LogP contribution in [0.4, 0.5) is 0 Å². The first-order valence-corrected chi connectivity index (χ1v) is 5.02. The normalized spacial score (nSPS) is 32.5. The van der Waals surface area contributed by atoms with Crippen molar-refractivity contribution >= 4 is 0 Å². The van der Waals surface area contributed by atoms with Gasteiger partial charge in [-0.1, -0.05) is 20.8 Å². The third kappa shape index (κ3) is 2.19. The molecule has 1 saturated carbocycles. The summed E-state index contributed by atoms with van der Waals surface area (Å²) in [4.78, 5) is 0. The molecule has 0 radical (unpaired) electrons. The number of nitrogens with one attached hydrogen (secondary N) is 1. The summed E-state index contributed by atoms with van der Waals surface area (Å²) in [6, 6.07) is 0. The summed E-state index contributed by atoms with van der Waals surface area (Å²) in [6.45, 7) is 8.91. The van der Waals surface area contributed by atoms with E-state index in [0.29, 0.717) is 0 Å². The molecular formula is C10H21N. The van der Waals surface area contributed by atoms with Crippen LogP contribution in [-0.2, 0) is 0 Å². The molecule has 1 aliphatic heterocycles. The van der Waals surface area contributed by atoms with Gasteiger partial charge in [-0.25, -0.2) is 0 Å². The maximum atomic E-state index is 3.49. The molecule has 1 saturated heterocycles. The molecule has 1 heteroatoms. The smallest absolute Gasteiger partial charge is 0.000804 e. The molecule has 0 aromatic heterocycles. The SMILES string of the molecule is CC.CC1CNCC2(CC2)C1. The van der Waals surface area contributed by atoms with Crippen LogP contribution >= 0.6 is 0 Å². The van der Waals surface area contributed by atoms with Gasteiger partial charge in [0.05, 0.1) is 0 Å². The van der Waals surface area contributed by atoms with Gasteiger partial charge >= 0.3 is 0 Å².